The molecule has 0 unspecified atom stereocenters. The molecule has 0 aliphatic carbocycles. The molecule has 1 atom stereocenters. The lowest BCUT2D eigenvalue weighted by atomic mass is 10.1. The highest BCUT2D eigenvalue weighted by atomic mass is 32.2. The van der Waals surface area contributed by atoms with Crippen molar-refractivity contribution in [3.05, 3.63) is 42.7 Å². The summed E-state index contributed by atoms with van der Waals surface area (Å²) in [6, 6.07) is 9.94. The first-order valence-electron chi connectivity index (χ1n) is 10.9. The summed E-state index contributed by atoms with van der Waals surface area (Å²) in [5.74, 6) is 0.347. The smallest absolute Gasteiger partial charge is 0.242 e. The van der Waals surface area contributed by atoms with Gasteiger partial charge in [-0.05, 0) is 32.0 Å². The van der Waals surface area contributed by atoms with Gasteiger partial charge in [0.15, 0.2) is 5.52 Å². The SMILES string of the molecule is CC(C)S(=O)(=O)N1CCO[C@H](COc2nc(-c3ccc(N(C)C)cc3)cc3nccnc23)C1.S. The number of ether oxygens (including phenoxy) is 2. The molecule has 4 rings (SSSR count). The first-order chi connectivity index (χ1) is 15.8. The third-order valence-electron chi connectivity index (χ3n) is 5.57. The largest absolute Gasteiger partial charge is 0.473 e. The van der Waals surface area contributed by atoms with Gasteiger partial charge in [0.2, 0.25) is 15.9 Å². The highest BCUT2D eigenvalue weighted by Crippen LogP contribution is 2.28. The molecule has 0 radical (unpaired) electrons. The molecule has 0 spiro atoms. The van der Waals surface area contributed by atoms with Crippen molar-refractivity contribution in [2.24, 2.45) is 0 Å². The van der Waals surface area contributed by atoms with Crippen LogP contribution in [0.4, 0.5) is 5.69 Å². The molecule has 34 heavy (non-hydrogen) atoms. The molecule has 1 aliphatic heterocycles. The van der Waals surface area contributed by atoms with Gasteiger partial charge in [0.25, 0.3) is 0 Å². The number of benzene rings is 1. The van der Waals surface area contributed by atoms with E-state index in [1.54, 1.807) is 26.2 Å². The normalized spacial score (nSPS) is 16.9. The molecule has 2 aromatic heterocycles. The second-order valence-corrected chi connectivity index (χ2v) is 10.9. The van der Waals surface area contributed by atoms with Gasteiger partial charge in [-0.15, -0.1) is 0 Å². The van der Waals surface area contributed by atoms with Crippen LogP contribution in [0.5, 0.6) is 5.88 Å². The van der Waals surface area contributed by atoms with E-state index in [2.05, 4.69) is 9.97 Å². The molecule has 0 saturated carbocycles. The van der Waals surface area contributed by atoms with E-state index in [1.807, 2.05) is 49.3 Å². The van der Waals surface area contributed by atoms with Crippen molar-refractivity contribution in [1.82, 2.24) is 19.3 Å². The molecular weight excluding hydrogens is 474 g/mol. The Morgan fingerprint density at radius 3 is 2.56 bits per heavy atom. The van der Waals surface area contributed by atoms with Gasteiger partial charge in [0.1, 0.15) is 12.7 Å². The number of rotatable bonds is 7. The number of morpholine rings is 1. The summed E-state index contributed by atoms with van der Waals surface area (Å²) >= 11 is 0. The standard InChI is InChI=1S/C23H29N5O4S.H2S/c1-16(2)33(29,30)28-11-12-31-19(14-28)15-32-23-22-21(24-9-10-25-22)13-20(26-23)17-5-7-18(8-6-17)27(3)4;/h5-10,13,16,19H,11-12,14-15H2,1-4H3;1H2/t19-;/m0./s1. The molecule has 11 heteroatoms. The Hall–Kier alpha value is -2.47. The zero-order valence-electron chi connectivity index (χ0n) is 19.8. The van der Waals surface area contributed by atoms with Gasteiger partial charge in [-0.1, -0.05) is 12.1 Å². The van der Waals surface area contributed by atoms with E-state index < -0.39 is 21.4 Å². The average molecular weight is 506 g/mol. The van der Waals surface area contributed by atoms with Crippen molar-refractivity contribution in [1.29, 1.82) is 0 Å². The Morgan fingerprint density at radius 2 is 1.88 bits per heavy atom. The molecule has 1 aliphatic rings. The molecule has 0 N–H and O–H groups in total. The third kappa shape index (κ3) is 5.60. The summed E-state index contributed by atoms with van der Waals surface area (Å²) in [5.41, 5.74) is 3.96. The third-order valence-corrected chi connectivity index (χ3v) is 7.81. The number of hydrogen-bond acceptors (Lipinski definition) is 8. The van der Waals surface area contributed by atoms with E-state index in [0.29, 0.717) is 30.1 Å². The number of fused-ring (bicyclic) bond motifs is 1. The molecule has 1 fully saturated rings. The minimum absolute atomic E-state index is 0. The topological polar surface area (TPSA) is 97.8 Å². The minimum atomic E-state index is -3.35. The fraction of sp³-hybridized carbons (Fsp3) is 0.435. The fourth-order valence-corrected chi connectivity index (χ4v) is 4.92. The minimum Gasteiger partial charge on any atom is -0.473 e. The highest BCUT2D eigenvalue weighted by molar-refractivity contribution is 7.89. The second-order valence-electron chi connectivity index (χ2n) is 8.43. The molecule has 1 aromatic carbocycles. The fourth-order valence-electron chi connectivity index (χ4n) is 3.62. The number of sulfonamides is 1. The van der Waals surface area contributed by atoms with Crippen molar-refractivity contribution in [3.8, 4) is 17.1 Å². The number of aromatic nitrogens is 3. The van der Waals surface area contributed by atoms with Crippen molar-refractivity contribution < 1.29 is 17.9 Å². The molecule has 0 amide bonds. The summed E-state index contributed by atoms with van der Waals surface area (Å²) < 4.78 is 38.4. The zero-order valence-corrected chi connectivity index (χ0v) is 21.6. The van der Waals surface area contributed by atoms with Crippen LogP contribution in [-0.4, -0.2) is 79.4 Å². The molecule has 9 nitrogen and oxygen atoms in total. The summed E-state index contributed by atoms with van der Waals surface area (Å²) in [5, 5.41) is -0.478. The summed E-state index contributed by atoms with van der Waals surface area (Å²) in [6.45, 7) is 4.44. The lowest BCUT2D eigenvalue weighted by Gasteiger charge is -2.33. The van der Waals surface area contributed by atoms with Crippen LogP contribution in [0.1, 0.15) is 13.8 Å². The van der Waals surface area contributed by atoms with Crippen LogP contribution in [0.25, 0.3) is 22.3 Å². The Balaban J connectivity index is 0.00000324. The number of nitrogens with zero attached hydrogens (tertiary/aromatic N) is 5. The van der Waals surface area contributed by atoms with Crippen LogP contribution < -0.4 is 9.64 Å². The van der Waals surface area contributed by atoms with Crippen molar-refractivity contribution in [2.75, 3.05) is 45.3 Å². The van der Waals surface area contributed by atoms with Gasteiger partial charge < -0.3 is 14.4 Å². The lowest BCUT2D eigenvalue weighted by molar-refractivity contribution is -0.0255. The summed E-state index contributed by atoms with van der Waals surface area (Å²) in [4.78, 5) is 15.5. The lowest BCUT2D eigenvalue weighted by Crippen LogP contribution is -2.49. The Kier molecular flexibility index (Phi) is 8.34. The number of pyridine rings is 1. The van der Waals surface area contributed by atoms with E-state index in [4.69, 9.17) is 14.5 Å². The van der Waals surface area contributed by atoms with Crippen LogP contribution in [0.15, 0.2) is 42.7 Å². The van der Waals surface area contributed by atoms with E-state index >= 15 is 0 Å². The summed E-state index contributed by atoms with van der Waals surface area (Å²) in [7, 11) is 0.637. The molecule has 1 saturated heterocycles. The van der Waals surface area contributed by atoms with Gasteiger partial charge in [0, 0.05) is 50.8 Å². The van der Waals surface area contributed by atoms with Crippen molar-refractivity contribution in [2.45, 2.75) is 25.2 Å². The predicted octanol–water partition coefficient (Wildman–Crippen LogP) is 2.69. The van der Waals surface area contributed by atoms with Crippen LogP contribution in [0.2, 0.25) is 0 Å². The van der Waals surface area contributed by atoms with Gasteiger partial charge in [-0.2, -0.15) is 17.8 Å². The van der Waals surface area contributed by atoms with Gasteiger partial charge in [-0.25, -0.2) is 18.4 Å². The second kappa shape index (κ2) is 10.9. The van der Waals surface area contributed by atoms with Gasteiger partial charge in [-0.3, -0.25) is 4.98 Å². The van der Waals surface area contributed by atoms with E-state index in [-0.39, 0.29) is 26.6 Å². The summed E-state index contributed by atoms with van der Waals surface area (Å²) in [6.07, 6.45) is 2.82. The van der Waals surface area contributed by atoms with Crippen molar-refractivity contribution >= 4 is 40.2 Å². The van der Waals surface area contributed by atoms with Crippen LogP contribution in [0, 0.1) is 0 Å². The molecular formula is C23H31N5O4S2. The van der Waals surface area contributed by atoms with E-state index in [9.17, 15) is 8.42 Å². The van der Waals surface area contributed by atoms with E-state index in [1.165, 1.54) is 4.31 Å². The molecule has 3 heterocycles. The number of anilines is 1. The maximum absolute atomic E-state index is 12.5. The van der Waals surface area contributed by atoms with Crippen molar-refractivity contribution in [3.63, 3.8) is 0 Å². The maximum Gasteiger partial charge on any atom is 0.242 e. The van der Waals surface area contributed by atoms with Crippen LogP contribution >= 0.6 is 13.5 Å². The predicted molar refractivity (Wildman–Crippen MR) is 138 cm³/mol. The maximum atomic E-state index is 12.5. The van der Waals surface area contributed by atoms with Gasteiger partial charge in [0.05, 0.1) is 23.1 Å². The quantitative estimate of drug-likeness (QED) is 0.484. The van der Waals surface area contributed by atoms with E-state index in [0.717, 1.165) is 16.9 Å². The number of hydrogen-bond donors (Lipinski definition) is 0. The Morgan fingerprint density at radius 1 is 1.18 bits per heavy atom. The van der Waals surface area contributed by atoms with Crippen LogP contribution in [0.3, 0.4) is 0 Å². The molecule has 184 valence electrons. The first-order valence-corrected chi connectivity index (χ1v) is 12.4. The Labute approximate surface area is 207 Å². The average Bonchev–Trinajstić information content (AvgIpc) is 2.82. The van der Waals surface area contributed by atoms with Gasteiger partial charge >= 0.3 is 0 Å². The zero-order chi connectivity index (χ0) is 23.6. The molecule has 3 aromatic rings. The highest BCUT2D eigenvalue weighted by Gasteiger charge is 2.32. The Bertz CT molecular complexity index is 1220. The molecule has 0 bridgehead atoms. The first kappa shape index (κ1) is 26.1. The van der Waals surface area contributed by atoms with Crippen LogP contribution in [-0.2, 0) is 14.8 Å². The monoisotopic (exact) mass is 505 g/mol.